The molecule has 1 N–H and O–H groups in total. The fourth-order valence-electron chi connectivity index (χ4n) is 4.67. The maximum absolute atomic E-state index is 12.9. The summed E-state index contributed by atoms with van der Waals surface area (Å²) in [6.07, 6.45) is 7.05. The van der Waals surface area contributed by atoms with Gasteiger partial charge >= 0.3 is 5.97 Å². The Morgan fingerprint density at radius 3 is 2.52 bits per heavy atom. The van der Waals surface area contributed by atoms with Crippen LogP contribution in [0.25, 0.3) is 11.1 Å². The van der Waals surface area contributed by atoms with E-state index in [0.29, 0.717) is 40.8 Å². The van der Waals surface area contributed by atoms with Crippen LogP contribution in [0.1, 0.15) is 66.2 Å². The van der Waals surface area contributed by atoms with Gasteiger partial charge in [-0.15, -0.1) is 11.3 Å². The Kier molecular flexibility index (Phi) is 6.51. The number of fused-ring (bicyclic) bond motifs is 3. The quantitative estimate of drug-likeness (QED) is 0.471. The third-order valence-electron chi connectivity index (χ3n) is 6.20. The molecule has 2 aliphatic rings. The van der Waals surface area contributed by atoms with Crippen LogP contribution in [0.15, 0.2) is 12.1 Å². The summed E-state index contributed by atoms with van der Waals surface area (Å²) in [7, 11) is 3.20. The molecule has 166 valence electrons. The van der Waals surface area contributed by atoms with Crippen molar-refractivity contribution < 1.29 is 23.8 Å². The van der Waals surface area contributed by atoms with E-state index in [1.54, 1.807) is 21.1 Å². The Morgan fingerprint density at radius 1 is 1.13 bits per heavy atom. The van der Waals surface area contributed by atoms with Crippen molar-refractivity contribution in [2.45, 2.75) is 51.9 Å². The third kappa shape index (κ3) is 4.28. The van der Waals surface area contributed by atoms with E-state index >= 15 is 0 Å². The fourth-order valence-corrected chi connectivity index (χ4v) is 5.91. The molecule has 0 radical (unpaired) electrons. The number of anilines is 1. The first-order chi connectivity index (χ1) is 15.0. The molecule has 0 aliphatic heterocycles. The first kappa shape index (κ1) is 21.7. The van der Waals surface area contributed by atoms with Crippen LogP contribution in [0.4, 0.5) is 5.00 Å². The lowest BCUT2D eigenvalue weighted by Crippen LogP contribution is -2.15. The predicted molar refractivity (Wildman–Crippen MR) is 121 cm³/mol. The highest BCUT2D eigenvalue weighted by atomic mass is 32.1. The van der Waals surface area contributed by atoms with Gasteiger partial charge in [0.05, 0.1) is 20.8 Å². The van der Waals surface area contributed by atoms with Crippen LogP contribution in [0, 0.1) is 5.92 Å². The lowest BCUT2D eigenvalue weighted by atomic mass is 10.0. The number of ether oxygens (including phenoxy) is 3. The minimum atomic E-state index is -0.409. The highest BCUT2D eigenvalue weighted by molar-refractivity contribution is 7.17. The highest BCUT2D eigenvalue weighted by Gasteiger charge is 2.33. The van der Waals surface area contributed by atoms with E-state index in [9.17, 15) is 9.59 Å². The molecule has 1 aromatic carbocycles. The standard InChI is InChI=1S/C24H29NO5S/c1-4-30-24(27)22-21-16-13-18(29-3)17(28-2)11-15(16)12-19(21)31-23(22)25-20(26)10-9-14-7-5-6-8-14/h11,13-14H,4-10,12H2,1-3H3,(H,25,26). The Morgan fingerprint density at radius 2 is 1.84 bits per heavy atom. The molecule has 1 saturated carbocycles. The first-order valence-electron chi connectivity index (χ1n) is 10.9. The number of methoxy groups -OCH3 is 2. The van der Waals surface area contributed by atoms with E-state index in [2.05, 4.69) is 5.32 Å². The minimum absolute atomic E-state index is 0.0371. The first-order valence-corrected chi connectivity index (χ1v) is 11.7. The van der Waals surface area contributed by atoms with Crippen LogP contribution in [0.2, 0.25) is 0 Å². The van der Waals surface area contributed by atoms with Crippen molar-refractivity contribution in [2.75, 3.05) is 26.1 Å². The summed E-state index contributed by atoms with van der Waals surface area (Å²) in [6, 6.07) is 3.86. The average molecular weight is 444 g/mol. The molecule has 2 aromatic rings. The van der Waals surface area contributed by atoms with Gasteiger partial charge in [-0.05, 0) is 42.5 Å². The van der Waals surface area contributed by atoms with E-state index < -0.39 is 5.97 Å². The van der Waals surface area contributed by atoms with Crippen molar-refractivity contribution in [1.82, 2.24) is 0 Å². The number of rotatable bonds is 8. The number of hydrogen-bond donors (Lipinski definition) is 1. The molecule has 2 aliphatic carbocycles. The molecule has 31 heavy (non-hydrogen) atoms. The molecule has 0 saturated heterocycles. The molecular formula is C24H29NO5S. The smallest absolute Gasteiger partial charge is 0.341 e. The largest absolute Gasteiger partial charge is 0.493 e. The number of hydrogen-bond acceptors (Lipinski definition) is 6. The van der Waals surface area contributed by atoms with E-state index in [0.717, 1.165) is 28.0 Å². The summed E-state index contributed by atoms with van der Waals surface area (Å²) in [5.41, 5.74) is 3.29. The summed E-state index contributed by atoms with van der Waals surface area (Å²) >= 11 is 1.46. The molecule has 0 spiro atoms. The van der Waals surface area contributed by atoms with E-state index in [1.165, 1.54) is 37.0 Å². The molecule has 0 unspecified atom stereocenters. The van der Waals surface area contributed by atoms with Crippen molar-refractivity contribution in [3.8, 4) is 22.6 Å². The topological polar surface area (TPSA) is 73.9 Å². The maximum atomic E-state index is 12.9. The Balaban J connectivity index is 1.64. The van der Waals surface area contributed by atoms with Gasteiger partial charge in [0.2, 0.25) is 5.91 Å². The normalized spacial score (nSPS) is 14.8. The van der Waals surface area contributed by atoms with Crippen molar-refractivity contribution in [1.29, 1.82) is 0 Å². The van der Waals surface area contributed by atoms with Crippen LogP contribution in [-0.4, -0.2) is 32.7 Å². The van der Waals surface area contributed by atoms with Gasteiger partial charge < -0.3 is 19.5 Å². The predicted octanol–water partition coefficient (Wildman–Crippen LogP) is 5.42. The zero-order chi connectivity index (χ0) is 22.0. The zero-order valence-corrected chi connectivity index (χ0v) is 19.2. The molecular weight excluding hydrogens is 414 g/mol. The highest BCUT2D eigenvalue weighted by Crippen LogP contribution is 2.50. The number of esters is 1. The third-order valence-corrected chi connectivity index (χ3v) is 7.30. The molecule has 4 rings (SSSR count). The molecule has 6 nitrogen and oxygen atoms in total. The Bertz CT molecular complexity index is 990. The summed E-state index contributed by atoms with van der Waals surface area (Å²) in [5.74, 6) is 1.48. The van der Waals surface area contributed by atoms with Crippen LogP contribution in [0.5, 0.6) is 11.5 Å². The number of nitrogens with one attached hydrogen (secondary N) is 1. The summed E-state index contributed by atoms with van der Waals surface area (Å²) < 4.78 is 16.2. The Hall–Kier alpha value is -2.54. The second kappa shape index (κ2) is 9.30. The van der Waals surface area contributed by atoms with Crippen LogP contribution in [-0.2, 0) is 16.0 Å². The summed E-state index contributed by atoms with van der Waals surface area (Å²) in [4.78, 5) is 26.6. The molecule has 0 atom stereocenters. The van der Waals surface area contributed by atoms with Crippen molar-refractivity contribution in [3.63, 3.8) is 0 Å². The average Bonchev–Trinajstić information content (AvgIpc) is 3.47. The second-order valence-corrected chi connectivity index (χ2v) is 9.21. The van der Waals surface area contributed by atoms with Gasteiger partial charge in [0.1, 0.15) is 10.6 Å². The monoisotopic (exact) mass is 443 g/mol. The number of benzene rings is 1. The van der Waals surface area contributed by atoms with E-state index in [-0.39, 0.29) is 12.5 Å². The maximum Gasteiger partial charge on any atom is 0.341 e. The lowest BCUT2D eigenvalue weighted by molar-refractivity contribution is -0.116. The number of carbonyl (C=O) groups is 2. The van der Waals surface area contributed by atoms with Gasteiger partial charge in [-0.1, -0.05) is 25.7 Å². The lowest BCUT2D eigenvalue weighted by Gasteiger charge is -2.13. The second-order valence-electron chi connectivity index (χ2n) is 8.10. The summed E-state index contributed by atoms with van der Waals surface area (Å²) in [5, 5.41) is 3.59. The molecule has 1 fully saturated rings. The number of amides is 1. The van der Waals surface area contributed by atoms with E-state index in [4.69, 9.17) is 14.2 Å². The fraction of sp³-hybridized carbons (Fsp3) is 0.500. The van der Waals surface area contributed by atoms with Gasteiger partial charge in [0, 0.05) is 23.3 Å². The number of thiophene rings is 1. The SMILES string of the molecule is CCOC(=O)c1c(NC(=O)CCC2CCCC2)sc2c1-c1cc(OC)c(OC)cc1C2. The minimum Gasteiger partial charge on any atom is -0.493 e. The van der Waals surface area contributed by atoms with Crippen LogP contribution in [0.3, 0.4) is 0 Å². The van der Waals surface area contributed by atoms with Crippen molar-refractivity contribution in [3.05, 3.63) is 28.1 Å². The molecule has 0 bridgehead atoms. The number of carbonyl (C=O) groups excluding carboxylic acids is 2. The van der Waals surface area contributed by atoms with Crippen LogP contribution >= 0.6 is 11.3 Å². The summed E-state index contributed by atoms with van der Waals surface area (Å²) in [6.45, 7) is 2.06. The van der Waals surface area contributed by atoms with Gasteiger partial charge in [-0.3, -0.25) is 4.79 Å². The Labute approximate surface area is 186 Å². The van der Waals surface area contributed by atoms with E-state index in [1.807, 2.05) is 12.1 Å². The van der Waals surface area contributed by atoms with Crippen LogP contribution < -0.4 is 14.8 Å². The zero-order valence-electron chi connectivity index (χ0n) is 18.3. The van der Waals surface area contributed by atoms with Crippen molar-refractivity contribution >= 4 is 28.2 Å². The van der Waals surface area contributed by atoms with Gasteiger partial charge in [0.25, 0.3) is 0 Å². The molecule has 1 heterocycles. The van der Waals surface area contributed by atoms with Gasteiger partial charge in [0.15, 0.2) is 11.5 Å². The molecule has 1 aromatic heterocycles. The molecule has 1 amide bonds. The van der Waals surface area contributed by atoms with Crippen molar-refractivity contribution in [2.24, 2.45) is 5.92 Å². The van der Waals surface area contributed by atoms with Gasteiger partial charge in [-0.25, -0.2) is 4.79 Å². The molecule has 7 heteroatoms. The van der Waals surface area contributed by atoms with Gasteiger partial charge in [-0.2, -0.15) is 0 Å².